The van der Waals surface area contributed by atoms with Crippen LogP contribution < -0.4 is 9.64 Å². The lowest BCUT2D eigenvalue weighted by atomic mass is 10.2. The van der Waals surface area contributed by atoms with Crippen LogP contribution in [0.3, 0.4) is 0 Å². The van der Waals surface area contributed by atoms with E-state index < -0.39 is 6.10 Å². The van der Waals surface area contributed by atoms with Gasteiger partial charge in [-0.3, -0.25) is 4.79 Å². The Kier molecular flexibility index (Phi) is 3.84. The van der Waals surface area contributed by atoms with Gasteiger partial charge in [-0.25, -0.2) is 0 Å². The first-order chi connectivity index (χ1) is 10.2. The van der Waals surface area contributed by atoms with Gasteiger partial charge in [0.2, 0.25) is 0 Å². The monoisotopic (exact) mass is 301 g/mol. The molecule has 0 saturated heterocycles. The molecule has 0 radical (unpaired) electrons. The number of para-hydroxylation sites is 2. The van der Waals surface area contributed by atoms with Crippen LogP contribution in [-0.2, 0) is 11.2 Å². The molecule has 21 heavy (non-hydrogen) atoms. The average Bonchev–Trinajstić information content (AvgIpc) is 2.92. The van der Waals surface area contributed by atoms with Gasteiger partial charge >= 0.3 is 0 Å². The first kappa shape index (κ1) is 14.0. The van der Waals surface area contributed by atoms with E-state index in [4.69, 9.17) is 16.3 Å². The number of anilines is 1. The van der Waals surface area contributed by atoms with Crippen molar-refractivity contribution in [3.63, 3.8) is 0 Å². The van der Waals surface area contributed by atoms with Crippen LogP contribution in [0.15, 0.2) is 48.5 Å². The zero-order valence-corrected chi connectivity index (χ0v) is 12.5. The lowest BCUT2D eigenvalue weighted by molar-refractivity contribution is -0.124. The normalized spacial score (nSPS) is 14.7. The van der Waals surface area contributed by atoms with Crippen LogP contribution in [-0.4, -0.2) is 18.6 Å². The van der Waals surface area contributed by atoms with Gasteiger partial charge in [0.1, 0.15) is 5.75 Å². The molecule has 0 N–H and O–H groups in total. The van der Waals surface area contributed by atoms with Gasteiger partial charge in [-0.05, 0) is 37.1 Å². The third-order valence-electron chi connectivity index (χ3n) is 3.64. The molecule has 0 saturated carbocycles. The second kappa shape index (κ2) is 5.78. The van der Waals surface area contributed by atoms with Gasteiger partial charge in [0.15, 0.2) is 6.10 Å². The molecule has 0 aliphatic carbocycles. The first-order valence-corrected chi connectivity index (χ1v) is 7.35. The Morgan fingerprint density at radius 3 is 2.71 bits per heavy atom. The first-order valence-electron chi connectivity index (χ1n) is 6.97. The van der Waals surface area contributed by atoms with E-state index in [1.165, 1.54) is 5.56 Å². The Hall–Kier alpha value is -2.00. The number of carbonyl (C=O) groups is 1. The van der Waals surface area contributed by atoms with Gasteiger partial charge in [0.05, 0.1) is 5.02 Å². The van der Waals surface area contributed by atoms with Crippen LogP contribution in [0.25, 0.3) is 0 Å². The third-order valence-corrected chi connectivity index (χ3v) is 3.95. The summed E-state index contributed by atoms with van der Waals surface area (Å²) in [6, 6.07) is 15.2. The zero-order chi connectivity index (χ0) is 14.8. The number of rotatable bonds is 3. The molecule has 0 unspecified atom stereocenters. The fourth-order valence-electron chi connectivity index (χ4n) is 2.57. The van der Waals surface area contributed by atoms with Gasteiger partial charge in [0.25, 0.3) is 5.91 Å². The number of amides is 1. The van der Waals surface area contributed by atoms with E-state index in [1.54, 1.807) is 24.0 Å². The van der Waals surface area contributed by atoms with Crippen molar-refractivity contribution in [1.82, 2.24) is 0 Å². The number of ether oxygens (including phenoxy) is 1. The van der Waals surface area contributed by atoms with E-state index in [-0.39, 0.29) is 5.91 Å². The molecule has 2 aromatic carbocycles. The summed E-state index contributed by atoms with van der Waals surface area (Å²) in [6.45, 7) is 2.46. The van der Waals surface area contributed by atoms with Gasteiger partial charge in [0, 0.05) is 12.2 Å². The van der Waals surface area contributed by atoms with Crippen molar-refractivity contribution in [1.29, 1.82) is 0 Å². The molecule has 1 heterocycles. The molecule has 3 nitrogen and oxygen atoms in total. The fourth-order valence-corrected chi connectivity index (χ4v) is 2.75. The minimum atomic E-state index is -0.573. The molecule has 1 aliphatic rings. The molecule has 108 valence electrons. The second-order valence-corrected chi connectivity index (χ2v) is 5.47. The number of halogens is 1. The summed E-state index contributed by atoms with van der Waals surface area (Å²) >= 11 is 6.06. The summed E-state index contributed by atoms with van der Waals surface area (Å²) in [6.07, 6.45) is 0.317. The second-order valence-electron chi connectivity index (χ2n) is 5.06. The molecule has 0 fully saturated rings. The molecule has 1 amide bonds. The van der Waals surface area contributed by atoms with E-state index in [0.29, 0.717) is 17.3 Å². The number of hydrogen-bond donors (Lipinski definition) is 0. The lowest BCUT2D eigenvalue weighted by Crippen LogP contribution is -2.39. The van der Waals surface area contributed by atoms with Crippen molar-refractivity contribution in [2.45, 2.75) is 19.4 Å². The maximum absolute atomic E-state index is 12.6. The smallest absolute Gasteiger partial charge is 0.267 e. The lowest BCUT2D eigenvalue weighted by Gasteiger charge is -2.22. The summed E-state index contributed by atoms with van der Waals surface area (Å²) in [7, 11) is 0. The minimum absolute atomic E-state index is 0.0418. The number of nitrogens with zero attached hydrogens (tertiary/aromatic N) is 1. The van der Waals surface area contributed by atoms with Crippen LogP contribution in [0.4, 0.5) is 5.69 Å². The van der Waals surface area contributed by atoms with Crippen molar-refractivity contribution in [3.8, 4) is 5.75 Å². The Bertz CT molecular complexity index is 671. The van der Waals surface area contributed by atoms with Gasteiger partial charge in [-0.1, -0.05) is 41.9 Å². The van der Waals surface area contributed by atoms with Crippen LogP contribution in [0.1, 0.15) is 12.5 Å². The summed E-state index contributed by atoms with van der Waals surface area (Å²) in [5.74, 6) is 0.493. The van der Waals surface area contributed by atoms with Crippen molar-refractivity contribution in [3.05, 3.63) is 59.1 Å². The SMILES string of the molecule is C[C@@H](Oc1ccccc1Cl)C(=O)N1CCc2ccccc21. The quantitative estimate of drug-likeness (QED) is 0.865. The maximum atomic E-state index is 12.6. The molecule has 3 rings (SSSR count). The Labute approximate surface area is 129 Å². The molecule has 2 aromatic rings. The number of fused-ring (bicyclic) bond motifs is 1. The molecule has 0 bridgehead atoms. The van der Waals surface area contributed by atoms with E-state index >= 15 is 0 Å². The summed E-state index contributed by atoms with van der Waals surface area (Å²) < 4.78 is 5.71. The largest absolute Gasteiger partial charge is 0.479 e. The highest BCUT2D eigenvalue weighted by Gasteiger charge is 2.28. The summed E-state index contributed by atoms with van der Waals surface area (Å²) in [5, 5.41) is 0.513. The predicted molar refractivity (Wildman–Crippen MR) is 84.0 cm³/mol. The average molecular weight is 302 g/mol. The number of hydrogen-bond acceptors (Lipinski definition) is 2. The van der Waals surface area contributed by atoms with Gasteiger partial charge in [-0.2, -0.15) is 0 Å². The van der Waals surface area contributed by atoms with Crippen LogP contribution >= 0.6 is 11.6 Å². The zero-order valence-electron chi connectivity index (χ0n) is 11.8. The molecule has 1 aliphatic heterocycles. The molecule has 0 aromatic heterocycles. The summed E-state index contributed by atoms with van der Waals surface area (Å²) in [4.78, 5) is 14.4. The highest BCUT2D eigenvalue weighted by molar-refractivity contribution is 6.32. The Morgan fingerprint density at radius 1 is 1.19 bits per heavy atom. The highest BCUT2D eigenvalue weighted by Crippen LogP contribution is 2.29. The minimum Gasteiger partial charge on any atom is -0.479 e. The molecule has 4 heteroatoms. The van der Waals surface area contributed by atoms with E-state index in [0.717, 1.165) is 12.1 Å². The molecule has 1 atom stereocenters. The molecular formula is C17H16ClNO2. The molecular weight excluding hydrogens is 286 g/mol. The molecule has 0 spiro atoms. The van der Waals surface area contributed by atoms with E-state index in [2.05, 4.69) is 6.07 Å². The van der Waals surface area contributed by atoms with Crippen molar-refractivity contribution in [2.75, 3.05) is 11.4 Å². The van der Waals surface area contributed by atoms with Crippen LogP contribution in [0.5, 0.6) is 5.75 Å². The summed E-state index contributed by atoms with van der Waals surface area (Å²) in [5.41, 5.74) is 2.19. The third kappa shape index (κ3) is 2.74. The number of benzene rings is 2. The van der Waals surface area contributed by atoms with Crippen LogP contribution in [0, 0.1) is 0 Å². The topological polar surface area (TPSA) is 29.5 Å². The fraction of sp³-hybridized carbons (Fsp3) is 0.235. The standard InChI is InChI=1S/C17H16ClNO2/c1-12(21-16-9-5-3-7-14(16)18)17(20)19-11-10-13-6-2-4-8-15(13)19/h2-9,12H,10-11H2,1H3/t12-/m1/s1. The Balaban J connectivity index is 1.76. The van der Waals surface area contributed by atoms with Crippen molar-refractivity contribution < 1.29 is 9.53 Å². The number of carbonyl (C=O) groups excluding carboxylic acids is 1. The van der Waals surface area contributed by atoms with Crippen LogP contribution in [0.2, 0.25) is 5.02 Å². The van der Waals surface area contributed by atoms with E-state index in [9.17, 15) is 4.79 Å². The van der Waals surface area contributed by atoms with Crippen molar-refractivity contribution >= 4 is 23.2 Å². The van der Waals surface area contributed by atoms with E-state index in [1.807, 2.05) is 30.3 Å². The maximum Gasteiger partial charge on any atom is 0.267 e. The predicted octanol–water partition coefficient (Wildman–Crippen LogP) is 3.70. The van der Waals surface area contributed by atoms with Crippen molar-refractivity contribution in [2.24, 2.45) is 0 Å². The highest BCUT2D eigenvalue weighted by atomic mass is 35.5. The van der Waals surface area contributed by atoms with Gasteiger partial charge in [-0.15, -0.1) is 0 Å². The van der Waals surface area contributed by atoms with Gasteiger partial charge < -0.3 is 9.64 Å². The Morgan fingerprint density at radius 2 is 1.90 bits per heavy atom.